The Balaban J connectivity index is 0.000000203. The zero-order chi connectivity index (χ0) is 19.3. The fraction of sp³-hybridized carbons (Fsp3) is 0.333. The number of piperidine rings is 1. The van der Waals surface area contributed by atoms with Gasteiger partial charge in [0.2, 0.25) is 0 Å². The van der Waals surface area contributed by atoms with E-state index in [0.717, 1.165) is 26.1 Å². The van der Waals surface area contributed by atoms with Gasteiger partial charge in [0.1, 0.15) is 4.83 Å². The number of rotatable bonds is 3. The van der Waals surface area contributed by atoms with Crippen LogP contribution in [-0.4, -0.2) is 34.5 Å². The van der Waals surface area contributed by atoms with Crippen LogP contribution in [0, 0.1) is 5.82 Å². The van der Waals surface area contributed by atoms with Crippen LogP contribution in [-0.2, 0) is 0 Å². The summed E-state index contributed by atoms with van der Waals surface area (Å²) in [7, 11) is 0. The maximum Gasteiger partial charge on any atom is 0.165 e. The summed E-state index contributed by atoms with van der Waals surface area (Å²) in [5.74, 6) is -0.353. The second-order valence-corrected chi connectivity index (χ2v) is 8.56. The van der Waals surface area contributed by atoms with Gasteiger partial charge in [-0.3, -0.25) is 0 Å². The number of hydrogen-bond acceptors (Lipinski definition) is 6. The highest BCUT2D eigenvalue weighted by molar-refractivity contribution is 7.17. The highest BCUT2D eigenvalue weighted by Crippen LogP contribution is 2.32. The molecule has 0 unspecified atom stereocenters. The van der Waals surface area contributed by atoms with Gasteiger partial charge in [-0.2, -0.15) is 0 Å². The molecule has 0 radical (unpaired) electrons. The molecule has 4 aromatic rings. The lowest BCUT2D eigenvalue weighted by molar-refractivity contribution is 0.240. The number of hydrogen-bond donors (Lipinski definition) is 1. The lowest BCUT2D eigenvalue weighted by atomic mass is 10.1. The first kappa shape index (κ1) is 19.2. The smallest absolute Gasteiger partial charge is 0.165 e. The molecule has 1 aliphatic rings. The minimum absolute atomic E-state index is 0.353. The summed E-state index contributed by atoms with van der Waals surface area (Å²) < 4.78 is 15.1. The summed E-state index contributed by atoms with van der Waals surface area (Å²) in [6.45, 7) is 6.18. The normalized spacial score (nSPS) is 14.8. The summed E-state index contributed by atoms with van der Waals surface area (Å²) in [6.07, 6.45) is 5.56. The Morgan fingerprint density at radius 2 is 1.96 bits per heavy atom. The van der Waals surface area contributed by atoms with E-state index < -0.39 is 0 Å². The fourth-order valence-electron chi connectivity index (χ4n) is 3.38. The molecule has 1 N–H and O–H groups in total. The molecule has 4 nitrogen and oxygen atoms in total. The fourth-order valence-corrected chi connectivity index (χ4v) is 4.79. The Morgan fingerprint density at radius 3 is 2.75 bits per heavy atom. The van der Waals surface area contributed by atoms with Gasteiger partial charge < -0.3 is 10.2 Å². The number of nitrogens with one attached hydrogen (secondary N) is 1. The van der Waals surface area contributed by atoms with Crippen LogP contribution < -0.4 is 5.32 Å². The number of likely N-dealkylation sites (tertiary alicyclic amines) is 1. The lowest BCUT2D eigenvalue weighted by Crippen LogP contribution is -2.29. The third kappa shape index (κ3) is 4.32. The van der Waals surface area contributed by atoms with Crippen LogP contribution in [0.3, 0.4) is 0 Å². The van der Waals surface area contributed by atoms with E-state index in [2.05, 4.69) is 27.1 Å². The molecule has 4 heterocycles. The molecular weight excluding hydrogens is 391 g/mol. The first-order valence-electron chi connectivity index (χ1n) is 9.59. The minimum atomic E-state index is -0.353. The minimum Gasteiger partial charge on any atom is -0.352 e. The van der Waals surface area contributed by atoms with E-state index in [1.807, 2.05) is 29.6 Å². The first-order chi connectivity index (χ1) is 13.7. The number of nitrogens with zero attached hydrogens (tertiary/aromatic N) is 3. The molecule has 1 saturated heterocycles. The van der Waals surface area contributed by atoms with Gasteiger partial charge in [0, 0.05) is 11.1 Å². The molecule has 1 aromatic carbocycles. The predicted molar refractivity (Wildman–Crippen MR) is 118 cm³/mol. The van der Waals surface area contributed by atoms with Gasteiger partial charge in [-0.15, -0.1) is 22.7 Å². The second-order valence-electron chi connectivity index (χ2n) is 6.78. The van der Waals surface area contributed by atoms with Gasteiger partial charge in [0.15, 0.2) is 5.82 Å². The summed E-state index contributed by atoms with van der Waals surface area (Å²) in [4.78, 5) is 11.7. The Hall–Kier alpha value is -2.09. The number of anilines is 2. The Kier molecular flexibility index (Phi) is 6.14. The van der Waals surface area contributed by atoms with Crippen LogP contribution in [0.5, 0.6) is 0 Å². The third-order valence-electron chi connectivity index (χ3n) is 4.94. The van der Waals surface area contributed by atoms with Gasteiger partial charge in [0.25, 0.3) is 0 Å². The molecule has 0 saturated carbocycles. The molecule has 0 atom stereocenters. The number of pyridine rings is 1. The summed E-state index contributed by atoms with van der Waals surface area (Å²) >= 11 is 3.08. The van der Waals surface area contributed by atoms with E-state index in [0.29, 0.717) is 5.69 Å². The summed E-state index contributed by atoms with van der Waals surface area (Å²) in [6, 6.07) is 7.71. The van der Waals surface area contributed by atoms with Crippen molar-refractivity contribution in [3.05, 3.63) is 47.2 Å². The average molecular weight is 415 g/mol. The average Bonchev–Trinajstić information content (AvgIpc) is 3.40. The van der Waals surface area contributed by atoms with Crippen molar-refractivity contribution in [2.24, 2.45) is 0 Å². The highest BCUT2D eigenvalue weighted by atomic mass is 32.1. The second kappa shape index (κ2) is 8.94. The molecule has 3 aromatic heterocycles. The van der Waals surface area contributed by atoms with E-state index in [4.69, 9.17) is 0 Å². The number of benzene rings is 1. The number of aromatic nitrogens is 2. The van der Waals surface area contributed by atoms with Crippen LogP contribution in [0.4, 0.5) is 15.8 Å². The summed E-state index contributed by atoms with van der Waals surface area (Å²) in [5.41, 5.74) is 4.00. The molecule has 146 valence electrons. The molecule has 1 aliphatic heterocycles. The summed E-state index contributed by atoms with van der Waals surface area (Å²) in [5, 5.41) is 5.85. The van der Waals surface area contributed by atoms with Gasteiger partial charge in [0.05, 0.1) is 27.6 Å². The largest absolute Gasteiger partial charge is 0.352 e. The Morgan fingerprint density at radius 1 is 1.11 bits per heavy atom. The van der Waals surface area contributed by atoms with Gasteiger partial charge in [-0.05, 0) is 62.1 Å². The van der Waals surface area contributed by atoms with E-state index in [1.54, 1.807) is 16.8 Å². The van der Waals surface area contributed by atoms with Crippen molar-refractivity contribution in [1.29, 1.82) is 0 Å². The molecular formula is C21H23FN4S2. The van der Waals surface area contributed by atoms with Crippen molar-refractivity contribution in [1.82, 2.24) is 14.9 Å². The van der Waals surface area contributed by atoms with Crippen molar-refractivity contribution in [3.63, 3.8) is 0 Å². The quantitative estimate of drug-likeness (QED) is 0.428. The molecule has 28 heavy (non-hydrogen) atoms. The lowest BCUT2D eigenvalue weighted by Gasteiger charge is -2.24. The molecule has 7 heteroatoms. The number of fused-ring (bicyclic) bond motifs is 2. The molecule has 5 rings (SSSR count). The van der Waals surface area contributed by atoms with Gasteiger partial charge in [-0.1, -0.05) is 13.3 Å². The maximum absolute atomic E-state index is 14.0. The van der Waals surface area contributed by atoms with E-state index in [9.17, 15) is 4.39 Å². The van der Waals surface area contributed by atoms with Crippen molar-refractivity contribution in [2.75, 3.05) is 25.0 Å². The molecule has 0 bridgehead atoms. The van der Waals surface area contributed by atoms with Crippen molar-refractivity contribution < 1.29 is 4.39 Å². The Bertz CT molecular complexity index is 1050. The van der Waals surface area contributed by atoms with Crippen molar-refractivity contribution >= 4 is 54.5 Å². The monoisotopic (exact) mass is 414 g/mol. The molecule has 0 aliphatic carbocycles. The number of halogens is 1. The maximum atomic E-state index is 14.0. The van der Waals surface area contributed by atoms with Crippen LogP contribution in [0.15, 0.2) is 41.4 Å². The zero-order valence-electron chi connectivity index (χ0n) is 15.8. The highest BCUT2D eigenvalue weighted by Gasteiger charge is 2.10. The Labute approximate surface area is 172 Å². The van der Waals surface area contributed by atoms with Crippen molar-refractivity contribution in [2.45, 2.75) is 26.2 Å². The topological polar surface area (TPSA) is 41.1 Å². The van der Waals surface area contributed by atoms with E-state index in [-0.39, 0.29) is 5.82 Å². The van der Waals surface area contributed by atoms with Gasteiger partial charge in [-0.25, -0.2) is 14.4 Å². The third-order valence-corrected chi connectivity index (χ3v) is 6.57. The first-order valence-corrected chi connectivity index (χ1v) is 11.3. The molecule has 1 fully saturated rings. The van der Waals surface area contributed by atoms with Gasteiger partial charge >= 0.3 is 0 Å². The van der Waals surface area contributed by atoms with Crippen LogP contribution in [0.1, 0.15) is 26.2 Å². The standard InChI is InChI=1S/C14H8FN3S2.C7H15N/c15-10-6-16-14-9(3-4-19-14)13(10)18-8-1-2-12-11(5-8)17-7-20-12;1-2-8-6-4-3-5-7-8/h1-7H,(H,16,18);2-7H2,1H3. The number of thiazole rings is 1. The molecule has 0 amide bonds. The van der Waals surface area contributed by atoms with Crippen LogP contribution in [0.25, 0.3) is 20.4 Å². The van der Waals surface area contributed by atoms with E-state index >= 15 is 0 Å². The SMILES string of the molecule is CCN1CCCCC1.Fc1cnc2sccc2c1Nc1ccc2scnc2c1. The van der Waals surface area contributed by atoms with Crippen molar-refractivity contribution in [3.8, 4) is 0 Å². The number of thiophene rings is 1. The van der Waals surface area contributed by atoms with Crippen LogP contribution >= 0.6 is 22.7 Å². The zero-order valence-corrected chi connectivity index (χ0v) is 17.5. The predicted octanol–water partition coefficient (Wildman–Crippen LogP) is 6.28. The van der Waals surface area contributed by atoms with E-state index in [1.165, 1.54) is 56.4 Å². The molecule has 0 spiro atoms. The van der Waals surface area contributed by atoms with Crippen LogP contribution in [0.2, 0.25) is 0 Å².